The van der Waals surface area contributed by atoms with Crippen molar-refractivity contribution in [2.24, 2.45) is 0 Å². The first kappa shape index (κ1) is 20.2. The minimum absolute atomic E-state index is 0.0165. The van der Waals surface area contributed by atoms with E-state index in [1.54, 1.807) is 0 Å². The van der Waals surface area contributed by atoms with Crippen molar-refractivity contribution in [3.63, 3.8) is 0 Å². The fourth-order valence-electron chi connectivity index (χ4n) is 2.69. The van der Waals surface area contributed by atoms with Crippen LogP contribution in [0.2, 0.25) is 0 Å². The number of nitrogens with zero attached hydrogens (tertiary/aromatic N) is 1. The summed E-state index contributed by atoms with van der Waals surface area (Å²) in [5.74, 6) is -4.92. The Hall–Kier alpha value is -2.58. The summed E-state index contributed by atoms with van der Waals surface area (Å²) in [5.41, 5.74) is -0.484. The highest BCUT2D eigenvalue weighted by Gasteiger charge is 2.27. The van der Waals surface area contributed by atoms with Gasteiger partial charge in [0, 0.05) is 35.5 Å². The van der Waals surface area contributed by atoms with E-state index in [0.717, 1.165) is 11.0 Å². The summed E-state index contributed by atoms with van der Waals surface area (Å²) in [4.78, 5) is 1.04. The third kappa shape index (κ3) is 4.13. The molecule has 0 bridgehead atoms. The largest absolute Gasteiger partial charge is 0.487 e. The molecule has 1 N–H and O–H groups in total. The van der Waals surface area contributed by atoms with E-state index in [-0.39, 0.29) is 35.2 Å². The van der Waals surface area contributed by atoms with E-state index in [9.17, 15) is 27.1 Å². The number of halogens is 6. The zero-order valence-corrected chi connectivity index (χ0v) is 14.9. The van der Waals surface area contributed by atoms with Crippen LogP contribution in [-0.4, -0.2) is 18.3 Å². The van der Waals surface area contributed by atoms with Gasteiger partial charge in [0.15, 0.2) is 11.6 Å². The lowest BCUT2D eigenvalue weighted by atomic mass is 10.1. The lowest BCUT2D eigenvalue weighted by molar-refractivity contribution is 0.202. The minimum atomic E-state index is -1.17. The van der Waals surface area contributed by atoms with E-state index in [0.29, 0.717) is 18.2 Å². The Bertz CT molecular complexity index is 954. The number of hydrogen-bond acceptors (Lipinski definition) is 3. The summed E-state index contributed by atoms with van der Waals surface area (Å²) >= 11 is 6.13. The predicted molar refractivity (Wildman–Crippen MR) is 92.9 cm³/mol. The summed E-state index contributed by atoms with van der Waals surface area (Å²) in [6, 6.07) is 3.98. The fraction of sp³-hybridized carbons (Fsp3) is 0.158. The van der Waals surface area contributed by atoms with Crippen LogP contribution in [0.15, 0.2) is 52.9 Å². The maximum absolute atomic E-state index is 14.1. The Labute approximate surface area is 161 Å². The van der Waals surface area contributed by atoms with Crippen molar-refractivity contribution in [2.75, 3.05) is 18.1 Å². The number of rotatable bonds is 5. The first-order chi connectivity index (χ1) is 13.3. The normalized spacial score (nSPS) is 14.4. The molecule has 3 nitrogen and oxygen atoms in total. The highest BCUT2D eigenvalue weighted by Crippen LogP contribution is 2.33. The molecule has 3 rings (SSSR count). The number of ether oxygens (including phenoxy) is 1. The molecule has 0 fully saturated rings. The van der Waals surface area contributed by atoms with Gasteiger partial charge in [-0.05, 0) is 12.1 Å². The molecule has 9 heteroatoms. The van der Waals surface area contributed by atoms with Crippen molar-refractivity contribution in [3.8, 4) is 0 Å². The first-order valence-electron chi connectivity index (χ1n) is 7.99. The second kappa shape index (κ2) is 8.20. The van der Waals surface area contributed by atoms with Crippen LogP contribution in [0.1, 0.15) is 5.56 Å². The molecule has 1 aliphatic rings. The summed E-state index contributed by atoms with van der Waals surface area (Å²) in [6.07, 6.45) is 1.23. The number of aliphatic hydroxyl groups excluding tert-OH is 1. The lowest BCUT2D eigenvalue weighted by Crippen LogP contribution is -2.31. The SMILES string of the molecule is OCC1=CC(OCc2ccc(F)cc2F)=C(Cl)CN1c1c(F)cc(F)cc1F. The maximum Gasteiger partial charge on any atom is 0.152 e. The van der Waals surface area contributed by atoms with E-state index < -0.39 is 41.4 Å². The zero-order chi connectivity index (χ0) is 20.4. The quantitative estimate of drug-likeness (QED) is 0.713. The lowest BCUT2D eigenvalue weighted by Gasteiger charge is -2.31. The average Bonchev–Trinajstić information content (AvgIpc) is 2.61. The summed E-state index contributed by atoms with van der Waals surface area (Å²) in [5, 5.41) is 9.59. The molecule has 0 unspecified atom stereocenters. The van der Waals surface area contributed by atoms with Crippen molar-refractivity contribution in [2.45, 2.75) is 6.61 Å². The molecule has 0 spiro atoms. The second-order valence-electron chi connectivity index (χ2n) is 5.89. The smallest absolute Gasteiger partial charge is 0.152 e. The Morgan fingerprint density at radius 1 is 0.964 bits per heavy atom. The van der Waals surface area contributed by atoms with Gasteiger partial charge in [0.2, 0.25) is 0 Å². The maximum atomic E-state index is 14.1. The molecule has 0 aliphatic carbocycles. The Morgan fingerprint density at radius 3 is 2.21 bits per heavy atom. The molecule has 0 atom stereocenters. The Balaban J connectivity index is 1.85. The molecule has 2 aromatic rings. The third-order valence-corrected chi connectivity index (χ3v) is 4.33. The summed E-state index contributed by atoms with van der Waals surface area (Å²) in [6.45, 7) is -1.18. The molecule has 0 saturated carbocycles. The van der Waals surface area contributed by atoms with Gasteiger partial charge < -0.3 is 14.7 Å². The minimum Gasteiger partial charge on any atom is -0.487 e. The molecular formula is C19H13ClF5NO2. The standard InChI is InChI=1S/C19H13ClF5NO2/c20-14-7-26(19-16(24)4-12(22)5-17(19)25)13(8-27)6-18(14)28-9-10-1-2-11(21)3-15(10)23/h1-6,27H,7-9H2. The van der Waals surface area contributed by atoms with Gasteiger partial charge in [0.05, 0.1) is 18.2 Å². The van der Waals surface area contributed by atoms with Gasteiger partial charge in [0.25, 0.3) is 0 Å². The van der Waals surface area contributed by atoms with Crippen LogP contribution in [-0.2, 0) is 11.3 Å². The van der Waals surface area contributed by atoms with E-state index >= 15 is 0 Å². The molecule has 1 aliphatic heterocycles. The van der Waals surface area contributed by atoms with Gasteiger partial charge in [-0.25, -0.2) is 22.0 Å². The Kier molecular flexibility index (Phi) is 5.90. The van der Waals surface area contributed by atoms with Crippen molar-refractivity contribution in [3.05, 3.63) is 87.5 Å². The molecular weight excluding hydrogens is 405 g/mol. The van der Waals surface area contributed by atoms with Gasteiger partial charge in [-0.1, -0.05) is 11.6 Å². The highest BCUT2D eigenvalue weighted by molar-refractivity contribution is 6.30. The molecule has 148 valence electrons. The van der Waals surface area contributed by atoms with E-state index in [2.05, 4.69) is 0 Å². The van der Waals surface area contributed by atoms with Crippen LogP contribution >= 0.6 is 11.6 Å². The number of benzene rings is 2. The van der Waals surface area contributed by atoms with Crippen LogP contribution in [0.25, 0.3) is 0 Å². The monoisotopic (exact) mass is 417 g/mol. The van der Waals surface area contributed by atoms with Crippen LogP contribution in [0.3, 0.4) is 0 Å². The highest BCUT2D eigenvalue weighted by atomic mass is 35.5. The van der Waals surface area contributed by atoms with Gasteiger partial charge >= 0.3 is 0 Å². The molecule has 0 radical (unpaired) electrons. The summed E-state index contributed by atoms with van der Waals surface area (Å²) < 4.78 is 73.4. The third-order valence-electron chi connectivity index (χ3n) is 4.02. The van der Waals surface area contributed by atoms with Gasteiger partial charge in [-0.15, -0.1) is 0 Å². The number of allylic oxidation sites excluding steroid dienone is 1. The zero-order valence-electron chi connectivity index (χ0n) is 14.2. The molecule has 28 heavy (non-hydrogen) atoms. The fourth-order valence-corrected chi connectivity index (χ4v) is 2.91. The molecule has 0 saturated heterocycles. The van der Waals surface area contributed by atoms with Crippen molar-refractivity contribution in [1.29, 1.82) is 0 Å². The number of anilines is 1. The van der Waals surface area contributed by atoms with Crippen molar-refractivity contribution >= 4 is 17.3 Å². The van der Waals surface area contributed by atoms with Crippen LogP contribution in [0.4, 0.5) is 27.6 Å². The molecule has 0 amide bonds. The molecule has 1 heterocycles. The van der Waals surface area contributed by atoms with Gasteiger partial charge in [0.1, 0.15) is 35.5 Å². The van der Waals surface area contributed by atoms with E-state index in [1.807, 2.05) is 0 Å². The van der Waals surface area contributed by atoms with Gasteiger partial charge in [-0.3, -0.25) is 0 Å². The molecule has 2 aromatic carbocycles. The first-order valence-corrected chi connectivity index (χ1v) is 8.37. The number of aliphatic hydroxyl groups is 1. The average molecular weight is 418 g/mol. The number of hydrogen-bond donors (Lipinski definition) is 1. The predicted octanol–water partition coefficient (Wildman–Crippen LogP) is 4.75. The van der Waals surface area contributed by atoms with Gasteiger partial charge in [-0.2, -0.15) is 0 Å². The second-order valence-corrected chi connectivity index (χ2v) is 6.35. The van der Waals surface area contributed by atoms with Crippen molar-refractivity contribution < 1.29 is 31.8 Å². The van der Waals surface area contributed by atoms with Crippen molar-refractivity contribution in [1.82, 2.24) is 0 Å². The summed E-state index contributed by atoms with van der Waals surface area (Å²) in [7, 11) is 0. The van der Waals surface area contributed by atoms with E-state index in [4.69, 9.17) is 16.3 Å². The van der Waals surface area contributed by atoms with Crippen LogP contribution in [0, 0.1) is 29.1 Å². The van der Waals surface area contributed by atoms with Crippen LogP contribution in [0.5, 0.6) is 0 Å². The van der Waals surface area contributed by atoms with E-state index in [1.165, 1.54) is 12.1 Å². The Morgan fingerprint density at radius 2 is 1.61 bits per heavy atom. The molecule has 0 aromatic heterocycles. The topological polar surface area (TPSA) is 32.7 Å². The van der Waals surface area contributed by atoms with Crippen LogP contribution < -0.4 is 4.90 Å².